The molecule has 1 aliphatic rings. The van der Waals surface area contributed by atoms with Crippen molar-refractivity contribution in [2.24, 2.45) is 0 Å². The van der Waals surface area contributed by atoms with Gasteiger partial charge in [-0.1, -0.05) is 12.1 Å². The molecule has 7 heteroatoms. The van der Waals surface area contributed by atoms with E-state index in [4.69, 9.17) is 4.74 Å². The average Bonchev–Trinajstić information content (AvgIpc) is 3.01. The highest BCUT2D eigenvalue weighted by Gasteiger charge is 2.29. The highest BCUT2D eigenvalue weighted by molar-refractivity contribution is 5.99. The average molecular weight is 300 g/mol. The van der Waals surface area contributed by atoms with Gasteiger partial charge in [0.15, 0.2) is 6.10 Å². The molecule has 2 aromatic rings. The van der Waals surface area contributed by atoms with Crippen molar-refractivity contribution >= 4 is 17.5 Å². The second kappa shape index (κ2) is 6.30. The van der Waals surface area contributed by atoms with Gasteiger partial charge in [0.1, 0.15) is 5.75 Å². The number of nitrogens with zero attached hydrogens (tertiary/aromatic N) is 2. The zero-order valence-corrected chi connectivity index (χ0v) is 11.9. The summed E-state index contributed by atoms with van der Waals surface area (Å²) in [5.74, 6) is 0.0569. The zero-order valence-electron chi connectivity index (χ0n) is 11.9. The van der Waals surface area contributed by atoms with Crippen LogP contribution in [0.4, 0.5) is 5.69 Å². The van der Waals surface area contributed by atoms with Crippen LogP contribution in [0.2, 0.25) is 0 Å². The molecule has 0 bridgehead atoms. The fourth-order valence-corrected chi connectivity index (χ4v) is 2.21. The van der Waals surface area contributed by atoms with Crippen LogP contribution < -0.4 is 15.4 Å². The van der Waals surface area contributed by atoms with Crippen LogP contribution in [0.1, 0.15) is 6.42 Å². The third-order valence-corrected chi connectivity index (χ3v) is 3.33. The van der Waals surface area contributed by atoms with Crippen LogP contribution in [0.15, 0.2) is 43.0 Å². The van der Waals surface area contributed by atoms with Crippen LogP contribution in [0.3, 0.4) is 0 Å². The van der Waals surface area contributed by atoms with Crippen LogP contribution in [-0.2, 0) is 16.1 Å². The Bertz CT molecular complexity index is 669. The van der Waals surface area contributed by atoms with Crippen molar-refractivity contribution in [2.45, 2.75) is 19.1 Å². The summed E-state index contributed by atoms with van der Waals surface area (Å²) in [6.45, 7) is 1.10. The normalized spacial score (nSPS) is 16.4. The molecule has 0 saturated carbocycles. The summed E-state index contributed by atoms with van der Waals surface area (Å²) >= 11 is 0. The van der Waals surface area contributed by atoms with E-state index >= 15 is 0 Å². The van der Waals surface area contributed by atoms with Gasteiger partial charge in [-0.3, -0.25) is 9.59 Å². The van der Waals surface area contributed by atoms with Gasteiger partial charge in [-0.2, -0.15) is 0 Å². The highest BCUT2D eigenvalue weighted by Crippen LogP contribution is 2.29. The molecule has 0 spiro atoms. The maximum atomic E-state index is 11.9. The SMILES string of the molecule is O=C(CC1Oc2ccccc2NC1=O)NCCn1ccnc1. The highest BCUT2D eigenvalue weighted by atomic mass is 16.5. The maximum absolute atomic E-state index is 11.9. The molecular weight excluding hydrogens is 284 g/mol. The molecule has 0 fully saturated rings. The summed E-state index contributed by atoms with van der Waals surface area (Å²) < 4.78 is 7.44. The number of carbonyl (C=O) groups is 2. The van der Waals surface area contributed by atoms with Crippen molar-refractivity contribution in [3.63, 3.8) is 0 Å². The van der Waals surface area contributed by atoms with E-state index in [1.54, 1.807) is 24.7 Å². The fourth-order valence-electron chi connectivity index (χ4n) is 2.21. The largest absolute Gasteiger partial charge is 0.478 e. The van der Waals surface area contributed by atoms with Gasteiger partial charge in [-0.15, -0.1) is 0 Å². The predicted molar refractivity (Wildman–Crippen MR) is 79.3 cm³/mol. The van der Waals surface area contributed by atoms with E-state index in [9.17, 15) is 9.59 Å². The zero-order chi connectivity index (χ0) is 15.4. The van der Waals surface area contributed by atoms with Crippen molar-refractivity contribution in [3.05, 3.63) is 43.0 Å². The molecule has 22 heavy (non-hydrogen) atoms. The first kappa shape index (κ1) is 14.1. The standard InChI is InChI=1S/C15H16N4O3/c20-14(17-6-8-19-7-5-16-10-19)9-13-15(21)18-11-3-1-2-4-12(11)22-13/h1-5,7,10,13H,6,8-9H2,(H,17,20)(H,18,21). The number of hydrogen-bond donors (Lipinski definition) is 2. The number of para-hydroxylation sites is 2. The molecule has 1 aromatic carbocycles. The van der Waals surface area contributed by atoms with Crippen LogP contribution in [-0.4, -0.2) is 34.0 Å². The number of ether oxygens (including phenoxy) is 1. The van der Waals surface area contributed by atoms with Crippen LogP contribution >= 0.6 is 0 Å². The molecule has 2 heterocycles. The van der Waals surface area contributed by atoms with Crippen LogP contribution in [0.25, 0.3) is 0 Å². The number of nitrogens with one attached hydrogen (secondary N) is 2. The lowest BCUT2D eigenvalue weighted by Gasteiger charge is -2.25. The monoisotopic (exact) mass is 300 g/mol. The first-order valence-corrected chi connectivity index (χ1v) is 7.01. The number of carbonyl (C=O) groups excluding carboxylic acids is 2. The molecule has 0 aliphatic carbocycles. The number of benzene rings is 1. The van der Waals surface area contributed by atoms with Gasteiger partial charge < -0.3 is 19.9 Å². The molecule has 1 atom stereocenters. The van der Waals surface area contributed by atoms with E-state index in [-0.39, 0.29) is 18.2 Å². The minimum absolute atomic E-state index is 0.00983. The Morgan fingerprint density at radius 3 is 3.09 bits per heavy atom. The Morgan fingerprint density at radius 2 is 2.27 bits per heavy atom. The van der Waals surface area contributed by atoms with Gasteiger partial charge in [0, 0.05) is 25.5 Å². The lowest BCUT2D eigenvalue weighted by atomic mass is 10.1. The van der Waals surface area contributed by atoms with Crippen molar-refractivity contribution in [2.75, 3.05) is 11.9 Å². The number of aromatic nitrogens is 2. The van der Waals surface area contributed by atoms with Gasteiger partial charge in [0.25, 0.3) is 5.91 Å². The van der Waals surface area contributed by atoms with Crippen LogP contribution in [0, 0.1) is 0 Å². The van der Waals surface area contributed by atoms with Gasteiger partial charge in [-0.05, 0) is 12.1 Å². The molecule has 3 rings (SSSR count). The first-order chi connectivity index (χ1) is 10.7. The molecule has 0 saturated heterocycles. The van der Waals surface area contributed by atoms with E-state index in [1.807, 2.05) is 22.9 Å². The van der Waals surface area contributed by atoms with E-state index in [2.05, 4.69) is 15.6 Å². The Labute approximate surface area is 127 Å². The van der Waals surface area contributed by atoms with Crippen molar-refractivity contribution in [1.82, 2.24) is 14.9 Å². The summed E-state index contributed by atoms with van der Waals surface area (Å²) in [5.41, 5.74) is 0.629. The summed E-state index contributed by atoms with van der Waals surface area (Å²) in [6, 6.07) is 7.15. The molecule has 7 nitrogen and oxygen atoms in total. The number of amides is 2. The second-order valence-corrected chi connectivity index (χ2v) is 4.95. The van der Waals surface area contributed by atoms with Gasteiger partial charge in [0.05, 0.1) is 18.4 Å². The topological polar surface area (TPSA) is 85.2 Å². The molecule has 1 unspecified atom stereocenters. The maximum Gasteiger partial charge on any atom is 0.266 e. The third-order valence-electron chi connectivity index (χ3n) is 3.33. The number of imidazole rings is 1. The minimum Gasteiger partial charge on any atom is -0.478 e. The lowest BCUT2D eigenvalue weighted by Crippen LogP contribution is -2.41. The Balaban J connectivity index is 1.50. The summed E-state index contributed by atoms with van der Waals surface area (Å²) in [6.07, 6.45) is 4.37. The molecule has 2 amide bonds. The van der Waals surface area contributed by atoms with Gasteiger partial charge >= 0.3 is 0 Å². The lowest BCUT2D eigenvalue weighted by molar-refractivity contribution is -0.130. The fraction of sp³-hybridized carbons (Fsp3) is 0.267. The van der Waals surface area contributed by atoms with E-state index in [1.165, 1.54) is 0 Å². The Kier molecular flexibility index (Phi) is 4.04. The first-order valence-electron chi connectivity index (χ1n) is 7.01. The van der Waals surface area contributed by atoms with Crippen molar-refractivity contribution in [1.29, 1.82) is 0 Å². The number of anilines is 1. The van der Waals surface area contributed by atoms with E-state index < -0.39 is 6.10 Å². The molecule has 1 aromatic heterocycles. The quantitative estimate of drug-likeness (QED) is 0.855. The molecular formula is C15H16N4O3. The summed E-state index contributed by atoms with van der Waals surface area (Å²) in [7, 11) is 0. The number of hydrogen-bond acceptors (Lipinski definition) is 4. The van der Waals surface area contributed by atoms with Crippen molar-refractivity contribution in [3.8, 4) is 5.75 Å². The smallest absolute Gasteiger partial charge is 0.266 e. The van der Waals surface area contributed by atoms with Gasteiger partial charge in [-0.25, -0.2) is 4.98 Å². The molecule has 0 radical (unpaired) electrons. The van der Waals surface area contributed by atoms with E-state index in [0.29, 0.717) is 24.5 Å². The Morgan fingerprint density at radius 1 is 1.41 bits per heavy atom. The second-order valence-electron chi connectivity index (χ2n) is 4.95. The third kappa shape index (κ3) is 3.25. The van der Waals surface area contributed by atoms with E-state index in [0.717, 1.165) is 0 Å². The number of fused-ring (bicyclic) bond motifs is 1. The molecule has 2 N–H and O–H groups in total. The molecule has 114 valence electrons. The van der Waals surface area contributed by atoms with Crippen LogP contribution in [0.5, 0.6) is 5.75 Å². The van der Waals surface area contributed by atoms with Crippen molar-refractivity contribution < 1.29 is 14.3 Å². The summed E-state index contributed by atoms with van der Waals surface area (Å²) in [5, 5.41) is 5.50. The Hall–Kier alpha value is -2.83. The number of rotatable bonds is 5. The predicted octanol–water partition coefficient (Wildman–Crippen LogP) is 0.789. The minimum atomic E-state index is -0.803. The molecule has 1 aliphatic heterocycles. The summed E-state index contributed by atoms with van der Waals surface area (Å²) in [4.78, 5) is 27.7. The van der Waals surface area contributed by atoms with Gasteiger partial charge in [0.2, 0.25) is 5.91 Å².